The number of nitrogens with one attached hydrogen (secondary N) is 1. The number of likely N-dealkylation sites (N-methyl/N-ethyl adjacent to an activating group) is 1. The molecule has 1 aromatic heterocycles. The fourth-order valence-electron chi connectivity index (χ4n) is 2.14. The van der Waals surface area contributed by atoms with Crippen LogP contribution in [0.2, 0.25) is 0 Å². The van der Waals surface area contributed by atoms with Gasteiger partial charge >= 0.3 is 0 Å². The Morgan fingerprint density at radius 3 is 2.60 bits per heavy atom. The first-order valence-electron chi connectivity index (χ1n) is 6.70. The normalized spacial score (nSPS) is 12.4. The summed E-state index contributed by atoms with van der Waals surface area (Å²) in [6, 6.07) is 7.15. The van der Waals surface area contributed by atoms with Crippen LogP contribution in [0.4, 0.5) is 8.78 Å². The lowest BCUT2D eigenvalue weighted by atomic mass is 10.0. The molecule has 1 atom stereocenters. The van der Waals surface area contributed by atoms with Crippen molar-refractivity contribution in [3.05, 3.63) is 65.0 Å². The predicted octanol–water partition coefficient (Wildman–Crippen LogP) is 3.43. The lowest BCUT2D eigenvalue weighted by Gasteiger charge is -2.17. The van der Waals surface area contributed by atoms with Crippen LogP contribution in [-0.2, 0) is 12.8 Å². The van der Waals surface area contributed by atoms with Crippen molar-refractivity contribution in [1.29, 1.82) is 0 Å². The molecule has 1 unspecified atom stereocenters. The first-order valence-corrected chi connectivity index (χ1v) is 6.70. The number of aromatic nitrogens is 1. The average molecular weight is 276 g/mol. The molecule has 0 aliphatic carbocycles. The van der Waals surface area contributed by atoms with Gasteiger partial charge in [0.25, 0.3) is 0 Å². The molecule has 106 valence electrons. The molecule has 20 heavy (non-hydrogen) atoms. The summed E-state index contributed by atoms with van der Waals surface area (Å²) in [7, 11) is 1.73. The third kappa shape index (κ3) is 3.39. The fraction of sp³-hybridized carbons (Fsp3) is 0.312. The Bertz CT molecular complexity index is 567. The van der Waals surface area contributed by atoms with Crippen LogP contribution in [0.3, 0.4) is 0 Å². The maximum absolute atomic E-state index is 13.8. The number of aryl methyl sites for hydroxylation is 1. The standard InChI is InChI=1S/C16H18F2N2/c1-3-11-4-6-13(20-10-11)9-16(19-2)14-8-12(17)5-7-15(14)18/h4-8,10,16,19H,3,9H2,1-2H3. The first kappa shape index (κ1) is 14.6. The van der Waals surface area contributed by atoms with Crippen molar-refractivity contribution in [2.24, 2.45) is 0 Å². The van der Waals surface area contributed by atoms with E-state index in [0.29, 0.717) is 12.0 Å². The molecule has 1 N–H and O–H groups in total. The smallest absolute Gasteiger partial charge is 0.128 e. The number of pyridine rings is 1. The van der Waals surface area contributed by atoms with Gasteiger partial charge in [0, 0.05) is 29.9 Å². The van der Waals surface area contributed by atoms with Gasteiger partial charge in [0.1, 0.15) is 11.6 Å². The third-order valence-corrected chi connectivity index (χ3v) is 3.39. The van der Waals surface area contributed by atoms with Crippen molar-refractivity contribution >= 4 is 0 Å². The molecule has 2 nitrogen and oxygen atoms in total. The largest absolute Gasteiger partial charge is 0.313 e. The van der Waals surface area contributed by atoms with Gasteiger partial charge < -0.3 is 5.32 Å². The van der Waals surface area contributed by atoms with E-state index in [1.807, 2.05) is 18.3 Å². The summed E-state index contributed by atoms with van der Waals surface area (Å²) in [5.41, 5.74) is 2.34. The van der Waals surface area contributed by atoms with Crippen LogP contribution >= 0.6 is 0 Å². The van der Waals surface area contributed by atoms with E-state index in [1.54, 1.807) is 7.05 Å². The minimum absolute atomic E-state index is 0.300. The molecular formula is C16H18F2N2. The lowest BCUT2D eigenvalue weighted by Crippen LogP contribution is -2.20. The first-order chi connectivity index (χ1) is 9.63. The van der Waals surface area contributed by atoms with Crippen molar-refractivity contribution < 1.29 is 8.78 Å². The van der Waals surface area contributed by atoms with Gasteiger partial charge in [-0.25, -0.2) is 8.78 Å². The molecule has 0 saturated heterocycles. The SMILES string of the molecule is CCc1ccc(CC(NC)c2cc(F)ccc2F)nc1. The molecule has 0 aliphatic heterocycles. The van der Waals surface area contributed by atoms with Crippen LogP contribution < -0.4 is 5.32 Å². The van der Waals surface area contributed by atoms with E-state index in [-0.39, 0.29) is 6.04 Å². The Labute approximate surface area is 117 Å². The maximum Gasteiger partial charge on any atom is 0.128 e. The van der Waals surface area contributed by atoms with E-state index in [1.165, 1.54) is 6.07 Å². The Morgan fingerprint density at radius 1 is 1.20 bits per heavy atom. The van der Waals surface area contributed by atoms with E-state index in [9.17, 15) is 8.78 Å². The molecule has 0 saturated carbocycles. The van der Waals surface area contributed by atoms with Crippen LogP contribution in [0, 0.1) is 11.6 Å². The topological polar surface area (TPSA) is 24.9 Å². The van der Waals surface area contributed by atoms with Gasteiger partial charge in [-0.15, -0.1) is 0 Å². The zero-order valence-electron chi connectivity index (χ0n) is 11.7. The maximum atomic E-state index is 13.8. The molecule has 2 aromatic rings. The summed E-state index contributed by atoms with van der Waals surface area (Å²) in [5, 5.41) is 3.02. The monoisotopic (exact) mass is 276 g/mol. The Hall–Kier alpha value is -1.81. The van der Waals surface area contributed by atoms with Gasteiger partial charge in [-0.3, -0.25) is 4.98 Å². The highest BCUT2D eigenvalue weighted by atomic mass is 19.1. The van der Waals surface area contributed by atoms with Crippen LogP contribution in [-0.4, -0.2) is 12.0 Å². The van der Waals surface area contributed by atoms with Crippen LogP contribution in [0.1, 0.15) is 29.8 Å². The van der Waals surface area contributed by atoms with Gasteiger partial charge in [0.2, 0.25) is 0 Å². The van der Waals surface area contributed by atoms with Gasteiger partial charge in [-0.1, -0.05) is 13.0 Å². The molecule has 2 rings (SSSR count). The number of rotatable bonds is 5. The van der Waals surface area contributed by atoms with E-state index in [4.69, 9.17) is 0 Å². The molecule has 0 radical (unpaired) electrons. The Morgan fingerprint density at radius 2 is 2.00 bits per heavy atom. The summed E-state index contributed by atoms with van der Waals surface area (Å²) in [6.07, 6.45) is 3.27. The van der Waals surface area contributed by atoms with Gasteiger partial charge in [0.15, 0.2) is 0 Å². The van der Waals surface area contributed by atoms with Crippen molar-refractivity contribution in [2.75, 3.05) is 7.05 Å². The molecule has 0 aliphatic rings. The molecule has 0 bridgehead atoms. The number of benzene rings is 1. The van der Waals surface area contributed by atoms with Crippen LogP contribution in [0.15, 0.2) is 36.5 Å². The summed E-state index contributed by atoms with van der Waals surface area (Å²) >= 11 is 0. The van der Waals surface area contributed by atoms with Crippen LogP contribution in [0.5, 0.6) is 0 Å². The van der Waals surface area contributed by atoms with Crippen molar-refractivity contribution in [3.63, 3.8) is 0 Å². The van der Waals surface area contributed by atoms with E-state index in [2.05, 4.69) is 17.2 Å². The van der Waals surface area contributed by atoms with Crippen LogP contribution in [0.25, 0.3) is 0 Å². The van der Waals surface area contributed by atoms with Crippen molar-refractivity contribution in [1.82, 2.24) is 10.3 Å². The molecule has 4 heteroatoms. The molecule has 0 spiro atoms. The summed E-state index contributed by atoms with van der Waals surface area (Å²) in [6.45, 7) is 2.06. The zero-order chi connectivity index (χ0) is 14.5. The Kier molecular flexibility index (Phi) is 4.79. The number of halogens is 2. The summed E-state index contributed by atoms with van der Waals surface area (Å²) < 4.78 is 27.1. The summed E-state index contributed by atoms with van der Waals surface area (Å²) in [5.74, 6) is -0.841. The van der Waals surface area contributed by atoms with E-state index < -0.39 is 11.6 Å². The Balaban J connectivity index is 2.21. The number of hydrogen-bond acceptors (Lipinski definition) is 2. The van der Waals surface area contributed by atoms with E-state index >= 15 is 0 Å². The second-order valence-corrected chi connectivity index (χ2v) is 4.72. The molecule has 1 aromatic carbocycles. The minimum atomic E-state index is -0.434. The predicted molar refractivity (Wildman–Crippen MR) is 75.5 cm³/mol. The second-order valence-electron chi connectivity index (χ2n) is 4.72. The highest BCUT2D eigenvalue weighted by Crippen LogP contribution is 2.21. The van der Waals surface area contributed by atoms with Gasteiger partial charge in [0.05, 0.1) is 0 Å². The summed E-state index contributed by atoms with van der Waals surface area (Å²) in [4.78, 5) is 4.36. The van der Waals surface area contributed by atoms with Crippen molar-refractivity contribution in [2.45, 2.75) is 25.8 Å². The highest BCUT2D eigenvalue weighted by Gasteiger charge is 2.16. The number of nitrogens with zero attached hydrogens (tertiary/aromatic N) is 1. The highest BCUT2D eigenvalue weighted by molar-refractivity contribution is 5.24. The zero-order valence-corrected chi connectivity index (χ0v) is 11.7. The molecular weight excluding hydrogens is 258 g/mol. The lowest BCUT2D eigenvalue weighted by molar-refractivity contribution is 0.519. The third-order valence-electron chi connectivity index (χ3n) is 3.39. The molecule has 1 heterocycles. The minimum Gasteiger partial charge on any atom is -0.313 e. The average Bonchev–Trinajstić information content (AvgIpc) is 2.48. The molecule has 0 amide bonds. The van der Waals surface area contributed by atoms with E-state index in [0.717, 1.165) is 29.8 Å². The quantitative estimate of drug-likeness (QED) is 0.905. The number of hydrogen-bond donors (Lipinski definition) is 1. The molecule has 0 fully saturated rings. The van der Waals surface area contributed by atoms with Crippen molar-refractivity contribution in [3.8, 4) is 0 Å². The fourth-order valence-corrected chi connectivity index (χ4v) is 2.14. The second kappa shape index (κ2) is 6.57. The van der Waals surface area contributed by atoms with Gasteiger partial charge in [-0.05, 0) is 43.3 Å². The van der Waals surface area contributed by atoms with Gasteiger partial charge in [-0.2, -0.15) is 0 Å².